The molecule has 1 aromatic carbocycles. The van der Waals surface area contributed by atoms with Gasteiger partial charge < -0.3 is 9.64 Å². The van der Waals surface area contributed by atoms with Gasteiger partial charge in [-0.2, -0.15) is 5.26 Å². The fourth-order valence-electron chi connectivity index (χ4n) is 2.66. The Hall–Kier alpha value is -3.21. The normalized spacial score (nSPS) is 12.6. The summed E-state index contributed by atoms with van der Waals surface area (Å²) in [6.07, 6.45) is 0.444. The molecular weight excluding hydrogens is 350 g/mol. The third-order valence-corrected chi connectivity index (χ3v) is 4.23. The van der Waals surface area contributed by atoms with Gasteiger partial charge in [-0.15, -0.1) is 0 Å². The van der Waals surface area contributed by atoms with E-state index in [9.17, 15) is 19.2 Å². The van der Waals surface area contributed by atoms with Gasteiger partial charge in [0.15, 0.2) is 6.61 Å². The topological polar surface area (TPSA) is 108 Å². The molecule has 0 atom stereocenters. The maximum absolute atomic E-state index is 12.3. The highest BCUT2D eigenvalue weighted by molar-refractivity contribution is 6.21. The van der Waals surface area contributed by atoms with Crippen LogP contribution in [0, 0.1) is 18.3 Å². The van der Waals surface area contributed by atoms with Crippen LogP contribution in [0.5, 0.6) is 0 Å². The number of fused-ring (bicyclic) bond motifs is 1. The van der Waals surface area contributed by atoms with Crippen LogP contribution in [0.25, 0.3) is 0 Å². The second-order valence-electron chi connectivity index (χ2n) is 6.30. The van der Waals surface area contributed by atoms with Gasteiger partial charge in [0.05, 0.1) is 23.6 Å². The Balaban J connectivity index is 1.76. The number of hydrogen-bond donors (Lipinski definition) is 0. The summed E-state index contributed by atoms with van der Waals surface area (Å²) in [5.74, 6) is -1.70. The van der Waals surface area contributed by atoms with E-state index in [0.717, 1.165) is 10.5 Å². The van der Waals surface area contributed by atoms with Crippen LogP contribution < -0.4 is 0 Å². The number of carbonyl (C=O) groups excluding carboxylic acids is 4. The average Bonchev–Trinajstić information content (AvgIpc) is 2.88. The number of likely N-dealkylation sites (N-methyl/N-ethyl adjacent to an activating group) is 1. The van der Waals surface area contributed by atoms with Gasteiger partial charge in [-0.3, -0.25) is 24.1 Å². The Morgan fingerprint density at radius 1 is 1.22 bits per heavy atom. The molecule has 142 valence electrons. The molecule has 1 aromatic rings. The Bertz CT molecular complexity index is 812. The van der Waals surface area contributed by atoms with Crippen molar-refractivity contribution in [2.75, 3.05) is 26.7 Å². The first-order valence-corrected chi connectivity index (χ1v) is 8.58. The van der Waals surface area contributed by atoms with Crippen LogP contribution in [0.2, 0.25) is 0 Å². The standard InChI is InChI=1S/C19H21N3O5/c1-13-6-7-14-15(11-13)19(26)22(18(14)25)10-3-5-17(24)27-12-16(23)21(2)9-4-8-20/h6-7,11H,3-5,9-10,12H2,1-2H3. The summed E-state index contributed by atoms with van der Waals surface area (Å²) < 4.78 is 4.90. The minimum Gasteiger partial charge on any atom is -0.456 e. The van der Waals surface area contributed by atoms with Crippen molar-refractivity contribution in [2.24, 2.45) is 0 Å². The second-order valence-corrected chi connectivity index (χ2v) is 6.30. The molecule has 3 amide bonds. The zero-order chi connectivity index (χ0) is 20.0. The highest BCUT2D eigenvalue weighted by atomic mass is 16.5. The van der Waals surface area contributed by atoms with E-state index < -0.39 is 18.5 Å². The molecule has 1 aliphatic heterocycles. The lowest BCUT2D eigenvalue weighted by atomic mass is 10.1. The van der Waals surface area contributed by atoms with E-state index in [4.69, 9.17) is 10.00 Å². The predicted molar refractivity (Wildman–Crippen MR) is 94.6 cm³/mol. The molecule has 0 aliphatic carbocycles. The van der Waals surface area contributed by atoms with Crippen LogP contribution in [0.15, 0.2) is 18.2 Å². The highest BCUT2D eigenvalue weighted by Gasteiger charge is 2.35. The molecular formula is C19H21N3O5. The van der Waals surface area contributed by atoms with E-state index in [1.165, 1.54) is 11.9 Å². The summed E-state index contributed by atoms with van der Waals surface area (Å²) in [6, 6.07) is 7.01. The van der Waals surface area contributed by atoms with Crippen molar-refractivity contribution in [2.45, 2.75) is 26.2 Å². The molecule has 0 N–H and O–H groups in total. The highest BCUT2D eigenvalue weighted by Crippen LogP contribution is 2.24. The van der Waals surface area contributed by atoms with Gasteiger partial charge in [0.1, 0.15) is 0 Å². The summed E-state index contributed by atoms with van der Waals surface area (Å²) in [4.78, 5) is 50.5. The molecule has 27 heavy (non-hydrogen) atoms. The minimum absolute atomic E-state index is 0.0123. The van der Waals surface area contributed by atoms with Crippen LogP contribution in [0.3, 0.4) is 0 Å². The Morgan fingerprint density at radius 2 is 1.93 bits per heavy atom. The number of carbonyl (C=O) groups is 4. The molecule has 2 rings (SSSR count). The molecule has 0 fully saturated rings. The first-order valence-electron chi connectivity index (χ1n) is 8.58. The van der Waals surface area contributed by atoms with Crippen molar-refractivity contribution in [1.82, 2.24) is 9.80 Å². The predicted octanol–water partition coefficient (Wildman–Crippen LogP) is 1.29. The van der Waals surface area contributed by atoms with Gasteiger partial charge in [-0.25, -0.2) is 0 Å². The molecule has 0 unspecified atom stereocenters. The van der Waals surface area contributed by atoms with Crippen LogP contribution >= 0.6 is 0 Å². The van der Waals surface area contributed by atoms with Gasteiger partial charge in [0.25, 0.3) is 17.7 Å². The van der Waals surface area contributed by atoms with Crippen molar-refractivity contribution in [1.29, 1.82) is 5.26 Å². The van der Waals surface area contributed by atoms with E-state index in [-0.39, 0.29) is 44.2 Å². The molecule has 1 heterocycles. The maximum atomic E-state index is 12.3. The van der Waals surface area contributed by atoms with Crippen LogP contribution in [0.1, 0.15) is 45.5 Å². The number of amides is 3. The zero-order valence-corrected chi connectivity index (χ0v) is 15.4. The number of esters is 1. The fourth-order valence-corrected chi connectivity index (χ4v) is 2.66. The first kappa shape index (κ1) is 20.1. The van der Waals surface area contributed by atoms with Gasteiger partial charge in [0, 0.05) is 26.6 Å². The van der Waals surface area contributed by atoms with Gasteiger partial charge in [-0.05, 0) is 25.5 Å². The van der Waals surface area contributed by atoms with Crippen LogP contribution in [-0.4, -0.2) is 60.2 Å². The first-order chi connectivity index (χ1) is 12.8. The number of imide groups is 1. The summed E-state index contributed by atoms with van der Waals surface area (Å²) in [5, 5.41) is 8.49. The van der Waals surface area contributed by atoms with E-state index in [1.807, 2.05) is 13.0 Å². The van der Waals surface area contributed by atoms with Crippen molar-refractivity contribution >= 4 is 23.7 Å². The molecule has 0 spiro atoms. The zero-order valence-electron chi connectivity index (χ0n) is 15.4. The lowest BCUT2D eigenvalue weighted by Crippen LogP contribution is -2.32. The fraction of sp³-hybridized carbons (Fsp3) is 0.421. The van der Waals surface area contributed by atoms with Crippen molar-refractivity contribution in [3.63, 3.8) is 0 Å². The summed E-state index contributed by atoms with van der Waals surface area (Å²) >= 11 is 0. The Kier molecular flexibility index (Phi) is 6.66. The van der Waals surface area contributed by atoms with E-state index in [1.54, 1.807) is 18.2 Å². The number of ether oxygens (including phenoxy) is 1. The van der Waals surface area contributed by atoms with Gasteiger partial charge >= 0.3 is 5.97 Å². The average molecular weight is 371 g/mol. The molecule has 0 radical (unpaired) electrons. The molecule has 8 heteroatoms. The van der Waals surface area contributed by atoms with E-state index in [0.29, 0.717) is 11.1 Å². The molecule has 8 nitrogen and oxygen atoms in total. The van der Waals surface area contributed by atoms with Crippen LogP contribution in [-0.2, 0) is 14.3 Å². The largest absolute Gasteiger partial charge is 0.456 e. The maximum Gasteiger partial charge on any atom is 0.306 e. The lowest BCUT2D eigenvalue weighted by molar-refractivity contribution is -0.151. The van der Waals surface area contributed by atoms with Crippen molar-refractivity contribution in [3.8, 4) is 6.07 Å². The third-order valence-electron chi connectivity index (χ3n) is 4.23. The number of aryl methyl sites for hydroxylation is 1. The van der Waals surface area contributed by atoms with Crippen molar-refractivity contribution < 1.29 is 23.9 Å². The molecule has 0 bridgehead atoms. The number of hydrogen-bond acceptors (Lipinski definition) is 6. The summed E-state index contributed by atoms with van der Waals surface area (Å²) in [7, 11) is 1.53. The molecule has 0 saturated heterocycles. The Morgan fingerprint density at radius 3 is 2.63 bits per heavy atom. The molecule has 0 saturated carbocycles. The smallest absolute Gasteiger partial charge is 0.306 e. The monoisotopic (exact) mass is 371 g/mol. The summed E-state index contributed by atoms with van der Waals surface area (Å²) in [5.41, 5.74) is 1.65. The van der Waals surface area contributed by atoms with Crippen LogP contribution in [0.4, 0.5) is 0 Å². The van der Waals surface area contributed by atoms with Gasteiger partial charge in [0.2, 0.25) is 0 Å². The quantitative estimate of drug-likeness (QED) is 0.503. The molecule has 0 aromatic heterocycles. The second kappa shape index (κ2) is 8.94. The van der Waals surface area contributed by atoms with Gasteiger partial charge in [-0.1, -0.05) is 11.6 Å². The number of rotatable bonds is 8. The van der Waals surface area contributed by atoms with E-state index >= 15 is 0 Å². The lowest BCUT2D eigenvalue weighted by Gasteiger charge is -2.15. The number of benzene rings is 1. The third kappa shape index (κ3) is 4.91. The van der Waals surface area contributed by atoms with Crippen molar-refractivity contribution in [3.05, 3.63) is 34.9 Å². The molecule has 1 aliphatic rings. The Labute approximate surface area is 157 Å². The summed E-state index contributed by atoms with van der Waals surface area (Å²) in [6.45, 7) is 1.82. The van der Waals surface area contributed by atoms with E-state index in [2.05, 4.69) is 0 Å². The minimum atomic E-state index is -0.579. The number of nitriles is 1. The SMILES string of the molecule is Cc1ccc2c(c1)C(=O)N(CCCC(=O)OCC(=O)N(C)CCC#N)C2=O. The number of nitrogens with zero attached hydrogens (tertiary/aromatic N) is 3.